The van der Waals surface area contributed by atoms with Crippen LogP contribution in [0.4, 0.5) is 5.69 Å². The van der Waals surface area contributed by atoms with Gasteiger partial charge in [-0.2, -0.15) is 0 Å². The lowest BCUT2D eigenvalue weighted by molar-refractivity contribution is 0.846. The van der Waals surface area contributed by atoms with E-state index in [1.165, 1.54) is 22.8 Å². The Hall–Kier alpha value is -1.40. The van der Waals surface area contributed by atoms with Crippen LogP contribution in [0.5, 0.6) is 0 Å². The van der Waals surface area contributed by atoms with Crippen molar-refractivity contribution in [1.29, 1.82) is 0 Å². The standard InChI is InChI=1S/C8H8ClN5S/c9-6-3-5(10)1-2-7(6)15-8-13-12-4-14(8)11/h1-4H,10-11H2. The summed E-state index contributed by atoms with van der Waals surface area (Å²) in [6.45, 7) is 0. The second-order valence-electron chi connectivity index (χ2n) is 2.81. The van der Waals surface area contributed by atoms with Crippen molar-refractivity contribution in [2.75, 3.05) is 11.6 Å². The molecule has 0 amide bonds. The number of nitrogens with zero attached hydrogens (tertiary/aromatic N) is 3. The SMILES string of the molecule is Nc1ccc(Sc2nncn2N)c(Cl)c1. The van der Waals surface area contributed by atoms with Crippen LogP contribution < -0.4 is 11.6 Å². The number of halogens is 1. The molecule has 0 saturated carbocycles. The van der Waals surface area contributed by atoms with Crippen molar-refractivity contribution in [2.24, 2.45) is 0 Å². The second kappa shape index (κ2) is 4.00. The van der Waals surface area contributed by atoms with Crippen LogP contribution in [0.15, 0.2) is 34.6 Å². The molecule has 2 rings (SSSR count). The van der Waals surface area contributed by atoms with E-state index >= 15 is 0 Å². The molecule has 78 valence electrons. The van der Waals surface area contributed by atoms with E-state index < -0.39 is 0 Å². The number of benzene rings is 1. The summed E-state index contributed by atoms with van der Waals surface area (Å²) < 4.78 is 1.33. The van der Waals surface area contributed by atoms with Crippen LogP contribution in [0, 0.1) is 0 Å². The summed E-state index contributed by atoms with van der Waals surface area (Å²) in [5, 5.41) is 8.64. The van der Waals surface area contributed by atoms with Gasteiger partial charge in [-0.3, -0.25) is 0 Å². The van der Waals surface area contributed by atoms with E-state index in [2.05, 4.69) is 10.2 Å². The summed E-state index contributed by atoms with van der Waals surface area (Å²) >= 11 is 7.33. The lowest BCUT2D eigenvalue weighted by Gasteiger charge is -2.03. The highest BCUT2D eigenvalue weighted by Crippen LogP contribution is 2.32. The molecule has 0 aliphatic carbocycles. The minimum atomic E-state index is 0.571. The van der Waals surface area contributed by atoms with Crippen LogP contribution in [-0.2, 0) is 0 Å². The van der Waals surface area contributed by atoms with Crippen LogP contribution in [0.25, 0.3) is 0 Å². The Morgan fingerprint density at radius 1 is 1.40 bits per heavy atom. The Labute approximate surface area is 95.4 Å². The highest BCUT2D eigenvalue weighted by Gasteiger charge is 2.07. The first-order valence-electron chi connectivity index (χ1n) is 4.05. The first-order valence-corrected chi connectivity index (χ1v) is 5.24. The molecule has 0 bridgehead atoms. The van der Waals surface area contributed by atoms with E-state index in [-0.39, 0.29) is 0 Å². The Bertz CT molecular complexity index is 484. The lowest BCUT2D eigenvalue weighted by Crippen LogP contribution is -2.07. The average molecular weight is 242 g/mol. The van der Waals surface area contributed by atoms with Gasteiger partial charge in [0.25, 0.3) is 0 Å². The fraction of sp³-hybridized carbons (Fsp3) is 0. The van der Waals surface area contributed by atoms with E-state index in [4.69, 9.17) is 23.2 Å². The molecule has 0 fully saturated rings. The summed E-state index contributed by atoms with van der Waals surface area (Å²) in [5.41, 5.74) is 6.20. The van der Waals surface area contributed by atoms with Gasteiger partial charge in [0, 0.05) is 10.6 Å². The molecule has 1 heterocycles. The normalized spacial score (nSPS) is 10.5. The van der Waals surface area contributed by atoms with E-state index in [0.29, 0.717) is 15.9 Å². The average Bonchev–Trinajstić information content (AvgIpc) is 2.57. The minimum absolute atomic E-state index is 0.571. The molecule has 5 nitrogen and oxygen atoms in total. The molecular formula is C8H8ClN5S. The number of anilines is 1. The summed E-state index contributed by atoms with van der Waals surface area (Å²) in [5.74, 6) is 5.57. The number of hydrogen-bond acceptors (Lipinski definition) is 5. The first kappa shape index (κ1) is 10.1. The smallest absolute Gasteiger partial charge is 0.214 e. The predicted octanol–water partition coefficient (Wildman–Crippen LogP) is 1.38. The Kier molecular flexibility index (Phi) is 2.70. The van der Waals surface area contributed by atoms with Gasteiger partial charge in [-0.25, -0.2) is 4.68 Å². The van der Waals surface area contributed by atoms with Crippen molar-refractivity contribution < 1.29 is 0 Å². The highest BCUT2D eigenvalue weighted by molar-refractivity contribution is 7.99. The molecule has 0 radical (unpaired) electrons. The summed E-state index contributed by atoms with van der Waals surface area (Å²) in [4.78, 5) is 0.838. The highest BCUT2D eigenvalue weighted by atomic mass is 35.5. The lowest BCUT2D eigenvalue weighted by atomic mass is 10.3. The third kappa shape index (κ3) is 2.16. The van der Waals surface area contributed by atoms with Crippen LogP contribution in [0.3, 0.4) is 0 Å². The van der Waals surface area contributed by atoms with E-state index in [1.807, 2.05) is 6.07 Å². The van der Waals surface area contributed by atoms with Gasteiger partial charge in [-0.05, 0) is 30.0 Å². The van der Waals surface area contributed by atoms with Gasteiger partial charge in [0.15, 0.2) is 0 Å². The molecule has 7 heteroatoms. The number of nitrogen functional groups attached to an aromatic ring is 2. The fourth-order valence-corrected chi connectivity index (χ4v) is 2.04. The minimum Gasteiger partial charge on any atom is -0.399 e. The van der Waals surface area contributed by atoms with Gasteiger partial charge in [0.1, 0.15) is 6.33 Å². The van der Waals surface area contributed by atoms with Crippen molar-refractivity contribution in [3.8, 4) is 0 Å². The first-order chi connectivity index (χ1) is 7.16. The van der Waals surface area contributed by atoms with Gasteiger partial charge in [-0.1, -0.05) is 11.6 Å². The molecule has 0 aliphatic heterocycles. The Balaban J connectivity index is 2.29. The van der Waals surface area contributed by atoms with Gasteiger partial charge in [-0.15, -0.1) is 10.2 Å². The zero-order chi connectivity index (χ0) is 10.8. The molecule has 0 saturated heterocycles. The molecule has 1 aromatic heterocycles. The number of rotatable bonds is 2. The molecule has 0 unspecified atom stereocenters. The predicted molar refractivity (Wildman–Crippen MR) is 60.2 cm³/mol. The Morgan fingerprint density at radius 2 is 2.20 bits per heavy atom. The Morgan fingerprint density at radius 3 is 2.80 bits per heavy atom. The number of nitrogens with two attached hydrogens (primary N) is 2. The summed E-state index contributed by atoms with van der Waals surface area (Å²) in [6, 6.07) is 5.27. The molecule has 0 aliphatic rings. The van der Waals surface area contributed by atoms with Crippen LogP contribution in [0.1, 0.15) is 0 Å². The van der Waals surface area contributed by atoms with Crippen LogP contribution >= 0.6 is 23.4 Å². The molecule has 1 aromatic carbocycles. The van der Waals surface area contributed by atoms with Crippen LogP contribution in [0.2, 0.25) is 5.02 Å². The second-order valence-corrected chi connectivity index (χ2v) is 4.23. The van der Waals surface area contributed by atoms with E-state index in [0.717, 1.165) is 4.90 Å². The van der Waals surface area contributed by atoms with Crippen molar-refractivity contribution in [1.82, 2.24) is 14.9 Å². The van der Waals surface area contributed by atoms with Crippen molar-refractivity contribution in [2.45, 2.75) is 10.1 Å². The topological polar surface area (TPSA) is 82.8 Å². The van der Waals surface area contributed by atoms with Crippen LogP contribution in [-0.4, -0.2) is 14.9 Å². The van der Waals surface area contributed by atoms with Gasteiger partial charge in [0.2, 0.25) is 5.16 Å². The number of hydrogen-bond donors (Lipinski definition) is 2. The largest absolute Gasteiger partial charge is 0.399 e. The zero-order valence-corrected chi connectivity index (χ0v) is 9.16. The molecule has 4 N–H and O–H groups in total. The molecule has 15 heavy (non-hydrogen) atoms. The van der Waals surface area contributed by atoms with Crippen molar-refractivity contribution in [3.05, 3.63) is 29.5 Å². The summed E-state index contributed by atoms with van der Waals surface area (Å²) in [7, 11) is 0. The molecular weight excluding hydrogens is 234 g/mol. The quantitative estimate of drug-likeness (QED) is 0.613. The van der Waals surface area contributed by atoms with E-state index in [9.17, 15) is 0 Å². The third-order valence-corrected chi connectivity index (χ3v) is 3.17. The maximum Gasteiger partial charge on any atom is 0.214 e. The fourth-order valence-electron chi connectivity index (χ4n) is 1.00. The maximum atomic E-state index is 6.00. The molecule has 0 atom stereocenters. The number of aromatic nitrogens is 3. The van der Waals surface area contributed by atoms with Gasteiger partial charge in [0.05, 0.1) is 5.02 Å². The van der Waals surface area contributed by atoms with Gasteiger partial charge >= 0.3 is 0 Å². The third-order valence-electron chi connectivity index (χ3n) is 1.70. The van der Waals surface area contributed by atoms with Crippen molar-refractivity contribution >= 4 is 29.1 Å². The zero-order valence-electron chi connectivity index (χ0n) is 7.59. The van der Waals surface area contributed by atoms with Gasteiger partial charge < -0.3 is 11.6 Å². The summed E-state index contributed by atoms with van der Waals surface area (Å²) in [6.07, 6.45) is 1.42. The monoisotopic (exact) mass is 241 g/mol. The molecule has 0 spiro atoms. The maximum absolute atomic E-state index is 6.00. The van der Waals surface area contributed by atoms with E-state index in [1.54, 1.807) is 12.1 Å². The molecule has 2 aromatic rings. The van der Waals surface area contributed by atoms with Crippen molar-refractivity contribution in [3.63, 3.8) is 0 Å².